The molecule has 2 rings (SSSR count). The molecular weight excluding hydrogens is 438 g/mol. The van der Waals surface area contributed by atoms with Gasteiger partial charge in [-0.05, 0) is 36.7 Å². The number of nitrogens with zero attached hydrogens (tertiary/aromatic N) is 1. The molecule has 7 nitrogen and oxygen atoms in total. The van der Waals surface area contributed by atoms with Crippen molar-refractivity contribution in [3.8, 4) is 5.75 Å². The highest BCUT2D eigenvalue weighted by molar-refractivity contribution is 9.11. The van der Waals surface area contributed by atoms with Gasteiger partial charge in [-0.25, -0.2) is 9.59 Å². The van der Waals surface area contributed by atoms with Crippen LogP contribution >= 0.6 is 27.3 Å². The lowest BCUT2D eigenvalue weighted by atomic mass is 10.2. The van der Waals surface area contributed by atoms with Crippen molar-refractivity contribution in [1.29, 1.82) is 0 Å². The summed E-state index contributed by atoms with van der Waals surface area (Å²) in [7, 11) is 1.20. The Morgan fingerprint density at radius 2 is 2.08 bits per heavy atom. The van der Waals surface area contributed by atoms with E-state index < -0.39 is 30.3 Å². The average molecular weight is 457 g/mol. The van der Waals surface area contributed by atoms with Crippen LogP contribution in [0.25, 0.3) is 0 Å². The van der Waals surface area contributed by atoms with Crippen LogP contribution in [0.15, 0.2) is 3.79 Å². The lowest BCUT2D eigenvalue weighted by molar-refractivity contribution is -0.172. The summed E-state index contributed by atoms with van der Waals surface area (Å²) >= 11 is 4.08. The number of hydrogen-bond acceptors (Lipinski definition) is 7. The molecular formula is C15H19BrF2N2O5S. The Morgan fingerprint density at radius 3 is 2.65 bits per heavy atom. The van der Waals surface area contributed by atoms with Gasteiger partial charge in [-0.15, -0.1) is 11.3 Å². The molecule has 1 aromatic rings. The molecule has 26 heavy (non-hydrogen) atoms. The number of alkyl halides is 2. The van der Waals surface area contributed by atoms with Gasteiger partial charge >= 0.3 is 18.2 Å². The number of methoxy groups -OCH3 is 1. The Bertz CT molecular complexity index is 705. The third kappa shape index (κ3) is 4.97. The van der Waals surface area contributed by atoms with Gasteiger partial charge in [0.15, 0.2) is 5.75 Å². The van der Waals surface area contributed by atoms with Crippen molar-refractivity contribution in [1.82, 2.24) is 5.32 Å². The molecule has 0 saturated heterocycles. The molecule has 1 amide bonds. The van der Waals surface area contributed by atoms with Crippen LogP contribution in [-0.4, -0.2) is 50.5 Å². The minimum atomic E-state index is -3.43. The molecule has 0 aliphatic carbocycles. The summed E-state index contributed by atoms with van der Waals surface area (Å²) in [5.74, 6) is -0.778. The maximum atomic E-state index is 13.9. The van der Waals surface area contributed by atoms with E-state index in [4.69, 9.17) is 14.2 Å². The largest absolute Gasteiger partial charge is 0.465 e. The van der Waals surface area contributed by atoms with Crippen molar-refractivity contribution in [2.24, 2.45) is 0 Å². The number of nitrogens with one attached hydrogen (secondary N) is 1. The van der Waals surface area contributed by atoms with E-state index in [9.17, 15) is 18.4 Å². The van der Waals surface area contributed by atoms with Gasteiger partial charge in [0.05, 0.1) is 7.11 Å². The van der Waals surface area contributed by atoms with Crippen LogP contribution in [0.4, 0.5) is 19.3 Å². The Labute approximate surface area is 161 Å². The van der Waals surface area contributed by atoms with Crippen molar-refractivity contribution < 1.29 is 32.6 Å². The monoisotopic (exact) mass is 456 g/mol. The lowest BCUT2D eigenvalue weighted by Crippen LogP contribution is -2.48. The van der Waals surface area contributed by atoms with Gasteiger partial charge in [-0.2, -0.15) is 8.78 Å². The summed E-state index contributed by atoms with van der Waals surface area (Å²) in [5, 5.41) is 2.50. The number of hydrogen-bond donors (Lipinski definition) is 1. The number of thiophene rings is 1. The molecule has 1 aliphatic heterocycles. The molecule has 11 heteroatoms. The first-order valence-corrected chi connectivity index (χ1v) is 9.23. The third-order valence-electron chi connectivity index (χ3n) is 3.16. The highest BCUT2D eigenvalue weighted by atomic mass is 79.9. The summed E-state index contributed by atoms with van der Waals surface area (Å²) in [6.45, 7) is 4.45. The molecule has 2 heterocycles. The number of ether oxygens (including phenoxy) is 3. The fourth-order valence-corrected chi connectivity index (χ4v) is 3.92. The van der Waals surface area contributed by atoms with Crippen LogP contribution in [-0.2, 0) is 9.47 Å². The molecule has 0 saturated carbocycles. The topological polar surface area (TPSA) is 77.1 Å². The number of amides is 1. The first-order chi connectivity index (χ1) is 11.9. The zero-order valence-electron chi connectivity index (χ0n) is 14.7. The summed E-state index contributed by atoms with van der Waals surface area (Å²) < 4.78 is 42.6. The minimum Gasteiger partial charge on any atom is -0.465 e. The van der Waals surface area contributed by atoms with Crippen molar-refractivity contribution in [2.45, 2.75) is 32.5 Å². The van der Waals surface area contributed by atoms with E-state index in [2.05, 4.69) is 21.2 Å². The van der Waals surface area contributed by atoms with Gasteiger partial charge in [-0.3, -0.25) is 0 Å². The standard InChI is InChI=1S/C15H19BrF2N2O5S/c1-14(2,3)25-13(22)19-5-6-20-7-15(17,18)24-9-8(20)10(12(21)23-4)26-11(9)16/h5-7H2,1-4H3,(H,19,22). The molecule has 0 bridgehead atoms. The SMILES string of the molecule is COC(=O)c1sc(Br)c2c1N(CCNC(=O)OC(C)(C)C)CC(F)(F)O2. The highest BCUT2D eigenvalue weighted by Crippen LogP contribution is 2.50. The smallest absolute Gasteiger partial charge is 0.416 e. The zero-order valence-corrected chi connectivity index (χ0v) is 17.1. The van der Waals surface area contributed by atoms with Crippen LogP contribution in [0.2, 0.25) is 0 Å². The fourth-order valence-electron chi connectivity index (χ4n) is 2.27. The summed E-state index contributed by atoms with van der Waals surface area (Å²) in [5.41, 5.74) is -0.454. The third-order valence-corrected chi connectivity index (χ3v) is 4.94. The van der Waals surface area contributed by atoms with Crippen LogP contribution < -0.4 is 15.0 Å². The molecule has 0 aromatic carbocycles. The highest BCUT2D eigenvalue weighted by Gasteiger charge is 2.44. The molecule has 1 N–H and O–H groups in total. The number of esters is 1. The van der Waals surface area contributed by atoms with E-state index in [-0.39, 0.29) is 33.2 Å². The molecule has 146 valence electrons. The van der Waals surface area contributed by atoms with Crippen molar-refractivity contribution >= 4 is 45.0 Å². The Kier molecular flexibility index (Phi) is 6.01. The molecule has 1 aliphatic rings. The Balaban J connectivity index is 2.17. The summed E-state index contributed by atoms with van der Waals surface area (Å²) in [6, 6.07) is 0. The number of halogens is 3. The van der Waals surface area contributed by atoms with Crippen LogP contribution in [0.5, 0.6) is 5.75 Å². The maximum Gasteiger partial charge on any atom is 0.416 e. The maximum absolute atomic E-state index is 13.9. The average Bonchev–Trinajstić information content (AvgIpc) is 2.80. The Hall–Kier alpha value is -1.62. The number of carbonyl (C=O) groups is 2. The van der Waals surface area contributed by atoms with E-state index >= 15 is 0 Å². The lowest BCUT2D eigenvalue weighted by Gasteiger charge is -2.34. The zero-order chi connectivity index (χ0) is 19.7. The van der Waals surface area contributed by atoms with Crippen LogP contribution in [0.1, 0.15) is 30.4 Å². The predicted octanol–water partition coefficient (Wildman–Crippen LogP) is 3.61. The normalized spacial score (nSPS) is 15.7. The van der Waals surface area contributed by atoms with Gasteiger partial charge in [-0.1, -0.05) is 0 Å². The second-order valence-corrected chi connectivity index (χ2v) is 8.80. The first-order valence-electron chi connectivity index (χ1n) is 7.63. The van der Waals surface area contributed by atoms with Gasteiger partial charge < -0.3 is 24.4 Å². The second kappa shape index (κ2) is 7.55. The fraction of sp³-hybridized carbons (Fsp3) is 0.600. The number of carbonyl (C=O) groups excluding carboxylic acids is 2. The van der Waals surface area contributed by atoms with Crippen LogP contribution in [0.3, 0.4) is 0 Å². The van der Waals surface area contributed by atoms with Crippen molar-refractivity contribution in [3.05, 3.63) is 8.66 Å². The summed E-state index contributed by atoms with van der Waals surface area (Å²) in [4.78, 5) is 25.1. The molecule has 0 unspecified atom stereocenters. The van der Waals surface area contributed by atoms with E-state index in [0.29, 0.717) is 0 Å². The molecule has 0 fully saturated rings. The summed E-state index contributed by atoms with van der Waals surface area (Å²) in [6.07, 6.45) is -4.09. The molecule has 0 spiro atoms. The molecule has 0 atom stereocenters. The first kappa shape index (κ1) is 20.7. The van der Waals surface area contributed by atoms with Crippen molar-refractivity contribution in [3.63, 3.8) is 0 Å². The second-order valence-electron chi connectivity index (χ2n) is 6.46. The number of fused-ring (bicyclic) bond motifs is 1. The van der Waals surface area contributed by atoms with E-state index in [0.717, 1.165) is 11.3 Å². The van der Waals surface area contributed by atoms with E-state index in [1.165, 1.54) is 12.0 Å². The molecule has 1 aromatic heterocycles. The Morgan fingerprint density at radius 1 is 1.42 bits per heavy atom. The number of anilines is 1. The van der Waals surface area contributed by atoms with Crippen molar-refractivity contribution in [2.75, 3.05) is 31.6 Å². The molecule has 0 radical (unpaired) electrons. The van der Waals surface area contributed by atoms with Crippen LogP contribution in [0, 0.1) is 0 Å². The van der Waals surface area contributed by atoms with Gasteiger partial charge in [0.2, 0.25) is 0 Å². The van der Waals surface area contributed by atoms with Gasteiger partial charge in [0.25, 0.3) is 0 Å². The van der Waals surface area contributed by atoms with E-state index in [1.807, 2.05) is 0 Å². The minimum absolute atomic E-state index is 0.0262. The van der Waals surface area contributed by atoms with Gasteiger partial charge in [0, 0.05) is 13.1 Å². The predicted molar refractivity (Wildman–Crippen MR) is 95.4 cm³/mol. The number of rotatable bonds is 4. The quantitative estimate of drug-likeness (QED) is 0.697. The number of alkyl carbamates (subject to hydrolysis) is 1. The van der Waals surface area contributed by atoms with E-state index in [1.54, 1.807) is 20.8 Å². The van der Waals surface area contributed by atoms with Gasteiger partial charge in [0.1, 0.15) is 26.5 Å².